The Morgan fingerprint density at radius 1 is 0.963 bits per heavy atom. The molecule has 0 fully saturated rings. The van der Waals surface area contributed by atoms with E-state index in [-0.39, 0.29) is 23.6 Å². The van der Waals surface area contributed by atoms with E-state index in [4.69, 9.17) is 39.5 Å². The van der Waals surface area contributed by atoms with Crippen LogP contribution in [0.15, 0.2) is 42.5 Å². The van der Waals surface area contributed by atoms with Gasteiger partial charge in [0.1, 0.15) is 0 Å². The SMILES string of the molecule is C[C@@H](OC(=O)CCC(=O)c1ccc(Cl)cc1)C(=O)Nc1ccc(Cl)cc1Cl. The summed E-state index contributed by atoms with van der Waals surface area (Å²) in [6, 6.07) is 11.0. The van der Waals surface area contributed by atoms with E-state index in [2.05, 4.69) is 5.32 Å². The molecule has 8 heteroatoms. The number of hydrogen-bond donors (Lipinski definition) is 1. The third-order valence-electron chi connectivity index (χ3n) is 3.59. The molecule has 5 nitrogen and oxygen atoms in total. The molecule has 0 aliphatic carbocycles. The third-order valence-corrected chi connectivity index (χ3v) is 4.39. The van der Waals surface area contributed by atoms with Crippen molar-refractivity contribution in [2.24, 2.45) is 0 Å². The molecule has 1 N–H and O–H groups in total. The average Bonchev–Trinajstić information content (AvgIpc) is 2.62. The van der Waals surface area contributed by atoms with Crippen LogP contribution in [0.2, 0.25) is 15.1 Å². The molecule has 0 saturated heterocycles. The van der Waals surface area contributed by atoms with Crippen molar-refractivity contribution in [2.75, 3.05) is 5.32 Å². The van der Waals surface area contributed by atoms with Gasteiger partial charge in [0, 0.05) is 22.0 Å². The lowest BCUT2D eigenvalue weighted by Gasteiger charge is -2.14. The fourth-order valence-electron chi connectivity index (χ4n) is 2.13. The Labute approximate surface area is 171 Å². The Morgan fingerprint density at radius 2 is 1.59 bits per heavy atom. The van der Waals surface area contributed by atoms with Crippen LogP contribution in [0.5, 0.6) is 0 Å². The number of ketones is 1. The maximum Gasteiger partial charge on any atom is 0.307 e. The second-order valence-corrected chi connectivity index (χ2v) is 6.96. The van der Waals surface area contributed by atoms with Gasteiger partial charge in [0.25, 0.3) is 5.91 Å². The highest BCUT2D eigenvalue weighted by Gasteiger charge is 2.19. The van der Waals surface area contributed by atoms with Gasteiger partial charge in [-0.1, -0.05) is 34.8 Å². The number of benzene rings is 2. The second-order valence-electron chi connectivity index (χ2n) is 5.68. The van der Waals surface area contributed by atoms with Gasteiger partial charge < -0.3 is 10.1 Å². The first kappa shape index (κ1) is 21.2. The maximum absolute atomic E-state index is 12.1. The van der Waals surface area contributed by atoms with Gasteiger partial charge in [-0.15, -0.1) is 0 Å². The minimum Gasteiger partial charge on any atom is -0.453 e. The normalized spacial score (nSPS) is 11.6. The summed E-state index contributed by atoms with van der Waals surface area (Å²) in [6.45, 7) is 1.43. The molecule has 0 unspecified atom stereocenters. The topological polar surface area (TPSA) is 72.5 Å². The van der Waals surface area contributed by atoms with Crippen molar-refractivity contribution in [1.29, 1.82) is 0 Å². The lowest BCUT2D eigenvalue weighted by atomic mass is 10.1. The number of esters is 1. The Morgan fingerprint density at radius 3 is 2.22 bits per heavy atom. The van der Waals surface area contributed by atoms with Gasteiger partial charge in [-0.25, -0.2) is 0 Å². The summed E-state index contributed by atoms with van der Waals surface area (Å²) in [5.41, 5.74) is 0.808. The van der Waals surface area contributed by atoms with Crippen molar-refractivity contribution in [3.63, 3.8) is 0 Å². The van der Waals surface area contributed by atoms with Crippen molar-refractivity contribution in [3.8, 4) is 0 Å². The summed E-state index contributed by atoms with van der Waals surface area (Å²) >= 11 is 17.5. The van der Waals surface area contributed by atoms with E-state index in [0.29, 0.717) is 21.3 Å². The first-order valence-corrected chi connectivity index (χ1v) is 9.14. The molecule has 0 spiro atoms. The predicted octanol–water partition coefficient (Wildman–Crippen LogP) is 5.18. The highest BCUT2D eigenvalue weighted by atomic mass is 35.5. The van der Waals surface area contributed by atoms with E-state index < -0.39 is 18.0 Å². The number of halogens is 3. The molecule has 0 heterocycles. The zero-order chi connectivity index (χ0) is 20.0. The monoisotopic (exact) mass is 427 g/mol. The summed E-state index contributed by atoms with van der Waals surface area (Å²) in [6.07, 6.45) is -1.21. The highest BCUT2D eigenvalue weighted by molar-refractivity contribution is 6.36. The molecule has 0 radical (unpaired) electrons. The smallest absolute Gasteiger partial charge is 0.307 e. The van der Waals surface area contributed by atoms with Gasteiger partial charge in [0.2, 0.25) is 0 Å². The fourth-order valence-corrected chi connectivity index (χ4v) is 2.71. The number of carbonyl (C=O) groups excluding carboxylic acids is 3. The molecule has 142 valence electrons. The molecule has 27 heavy (non-hydrogen) atoms. The summed E-state index contributed by atoms with van der Waals surface area (Å²) in [4.78, 5) is 36.0. The van der Waals surface area contributed by atoms with Crippen molar-refractivity contribution < 1.29 is 19.1 Å². The first-order chi connectivity index (χ1) is 12.8. The molecule has 2 aromatic carbocycles. The zero-order valence-electron chi connectivity index (χ0n) is 14.3. The largest absolute Gasteiger partial charge is 0.453 e. The number of amides is 1. The first-order valence-electron chi connectivity index (χ1n) is 8.00. The van der Waals surface area contributed by atoms with Crippen LogP contribution < -0.4 is 5.32 Å². The molecule has 0 aliphatic rings. The Bertz CT molecular complexity index is 853. The quantitative estimate of drug-likeness (QED) is 0.487. The summed E-state index contributed by atoms with van der Waals surface area (Å²) in [5.74, 6) is -1.41. The number of Topliss-reactive ketones (excluding diaryl/α,β-unsaturated/α-hetero) is 1. The van der Waals surface area contributed by atoms with Gasteiger partial charge in [-0.3, -0.25) is 14.4 Å². The van der Waals surface area contributed by atoms with E-state index >= 15 is 0 Å². The second kappa shape index (κ2) is 9.74. The van der Waals surface area contributed by atoms with Gasteiger partial charge in [0.15, 0.2) is 11.9 Å². The van der Waals surface area contributed by atoms with E-state index in [1.165, 1.54) is 13.0 Å². The van der Waals surface area contributed by atoms with Crippen LogP contribution in [-0.4, -0.2) is 23.8 Å². The van der Waals surface area contributed by atoms with Crippen LogP contribution in [0.4, 0.5) is 5.69 Å². The van der Waals surface area contributed by atoms with E-state index in [9.17, 15) is 14.4 Å². The molecule has 0 aliphatic heterocycles. The number of carbonyl (C=O) groups is 3. The predicted molar refractivity (Wildman–Crippen MR) is 106 cm³/mol. The lowest BCUT2D eigenvalue weighted by molar-refractivity contribution is -0.153. The number of nitrogens with one attached hydrogen (secondary N) is 1. The highest BCUT2D eigenvalue weighted by Crippen LogP contribution is 2.25. The fraction of sp³-hybridized carbons (Fsp3) is 0.211. The van der Waals surface area contributed by atoms with E-state index in [0.717, 1.165) is 0 Å². The number of ether oxygens (including phenoxy) is 1. The average molecular weight is 429 g/mol. The number of anilines is 1. The van der Waals surface area contributed by atoms with Crippen LogP contribution in [0, 0.1) is 0 Å². The zero-order valence-corrected chi connectivity index (χ0v) is 16.6. The van der Waals surface area contributed by atoms with Crippen LogP contribution in [0.3, 0.4) is 0 Å². The molecular weight excluding hydrogens is 413 g/mol. The van der Waals surface area contributed by atoms with E-state index in [1.807, 2.05) is 0 Å². The third kappa shape index (κ3) is 6.54. The molecule has 1 amide bonds. The Kier molecular flexibility index (Phi) is 7.66. The van der Waals surface area contributed by atoms with Crippen molar-refractivity contribution >= 4 is 58.1 Å². The van der Waals surface area contributed by atoms with Crippen molar-refractivity contribution in [2.45, 2.75) is 25.9 Å². The summed E-state index contributed by atoms with van der Waals surface area (Å²) in [7, 11) is 0. The van der Waals surface area contributed by atoms with Crippen LogP contribution in [-0.2, 0) is 14.3 Å². The van der Waals surface area contributed by atoms with Crippen LogP contribution in [0.1, 0.15) is 30.1 Å². The van der Waals surface area contributed by atoms with Gasteiger partial charge in [-0.2, -0.15) is 0 Å². The molecular formula is C19H16Cl3NO4. The minimum atomic E-state index is -1.05. The van der Waals surface area contributed by atoms with E-state index in [1.54, 1.807) is 36.4 Å². The molecule has 2 rings (SSSR count). The van der Waals surface area contributed by atoms with Crippen LogP contribution >= 0.6 is 34.8 Å². The summed E-state index contributed by atoms with van der Waals surface area (Å²) < 4.78 is 5.06. The Balaban J connectivity index is 1.82. The van der Waals surface area contributed by atoms with Gasteiger partial charge in [-0.05, 0) is 49.4 Å². The number of rotatable bonds is 7. The van der Waals surface area contributed by atoms with Crippen molar-refractivity contribution in [3.05, 3.63) is 63.1 Å². The summed E-state index contributed by atoms with van der Waals surface area (Å²) in [5, 5.41) is 3.77. The standard InChI is InChI=1S/C19H16Cl3NO4/c1-11(19(26)23-16-7-6-14(21)10-15(16)22)27-18(25)9-8-17(24)12-2-4-13(20)5-3-12/h2-7,10-11H,8-9H2,1H3,(H,23,26)/t11-/m1/s1. The van der Waals surface area contributed by atoms with Gasteiger partial charge >= 0.3 is 5.97 Å². The molecule has 0 saturated carbocycles. The number of hydrogen-bond acceptors (Lipinski definition) is 4. The molecule has 0 aromatic heterocycles. The molecule has 1 atom stereocenters. The molecule has 2 aromatic rings. The van der Waals surface area contributed by atoms with Crippen molar-refractivity contribution in [1.82, 2.24) is 0 Å². The molecule has 0 bridgehead atoms. The van der Waals surface area contributed by atoms with Gasteiger partial charge in [0.05, 0.1) is 17.1 Å². The Hall–Kier alpha value is -2.08. The van der Waals surface area contributed by atoms with Crippen LogP contribution in [0.25, 0.3) is 0 Å². The maximum atomic E-state index is 12.1. The lowest BCUT2D eigenvalue weighted by Crippen LogP contribution is -2.30. The minimum absolute atomic E-state index is 0.0299.